The number of thiazole rings is 1. The largest absolute Gasteiger partial charge is 0.357 e. The van der Waals surface area contributed by atoms with Crippen molar-refractivity contribution in [1.82, 2.24) is 20.9 Å². The number of hydrogen-bond donors (Lipinski definition) is 3. The van der Waals surface area contributed by atoms with Crippen LogP contribution in [0.25, 0.3) is 0 Å². The van der Waals surface area contributed by atoms with Crippen LogP contribution in [0.3, 0.4) is 0 Å². The van der Waals surface area contributed by atoms with Crippen LogP contribution in [-0.2, 0) is 18.4 Å². The molecule has 0 saturated heterocycles. The molecule has 2 rings (SSSR count). The Morgan fingerprint density at radius 2 is 2.04 bits per heavy atom. The van der Waals surface area contributed by atoms with Gasteiger partial charge in [0.1, 0.15) is 5.01 Å². The molecule has 2 aromatic rings. The van der Waals surface area contributed by atoms with Crippen molar-refractivity contribution in [3.8, 4) is 0 Å². The molecular weight excluding hydrogens is 370 g/mol. The fourth-order valence-electron chi connectivity index (χ4n) is 2.55. The molecule has 0 aliphatic heterocycles. The van der Waals surface area contributed by atoms with Gasteiger partial charge in [0.05, 0.1) is 12.2 Å². The van der Waals surface area contributed by atoms with Crippen LogP contribution in [-0.4, -0.2) is 37.0 Å². The Bertz CT molecular complexity index is 807. The van der Waals surface area contributed by atoms with Crippen molar-refractivity contribution in [3.05, 3.63) is 51.5 Å². The molecular formula is C21H31N5OS. The molecule has 1 heterocycles. The summed E-state index contributed by atoms with van der Waals surface area (Å²) in [6.07, 6.45) is 0.806. The number of benzene rings is 1. The predicted molar refractivity (Wildman–Crippen MR) is 117 cm³/mol. The summed E-state index contributed by atoms with van der Waals surface area (Å²) < 4.78 is 0. The fourth-order valence-corrected chi connectivity index (χ4v) is 3.50. The van der Waals surface area contributed by atoms with Gasteiger partial charge in [0.15, 0.2) is 5.96 Å². The van der Waals surface area contributed by atoms with Gasteiger partial charge in [-0.05, 0) is 31.0 Å². The molecule has 0 aliphatic rings. The second-order valence-electron chi connectivity index (χ2n) is 7.53. The second-order valence-corrected chi connectivity index (χ2v) is 8.47. The highest BCUT2D eigenvalue weighted by Gasteiger charge is 2.17. The van der Waals surface area contributed by atoms with Crippen molar-refractivity contribution in [2.24, 2.45) is 4.99 Å². The van der Waals surface area contributed by atoms with E-state index >= 15 is 0 Å². The van der Waals surface area contributed by atoms with Gasteiger partial charge in [-0.2, -0.15) is 0 Å². The van der Waals surface area contributed by atoms with Crippen molar-refractivity contribution >= 4 is 23.2 Å². The maximum atomic E-state index is 11.8. The van der Waals surface area contributed by atoms with E-state index in [0.717, 1.165) is 41.7 Å². The summed E-state index contributed by atoms with van der Waals surface area (Å²) in [5.74, 6) is 0.709. The quantitative estimate of drug-likeness (QED) is 0.492. The van der Waals surface area contributed by atoms with Gasteiger partial charge in [0.25, 0.3) is 5.91 Å². The lowest BCUT2D eigenvalue weighted by molar-refractivity contribution is 0.0963. The highest BCUT2D eigenvalue weighted by molar-refractivity contribution is 7.09. The predicted octanol–water partition coefficient (Wildman–Crippen LogP) is 3.10. The SMILES string of the molecule is CCNC(=NCc1nc(C(C)(C)C)cs1)NCCc1cccc(C(=O)NC)c1. The van der Waals surface area contributed by atoms with E-state index in [-0.39, 0.29) is 11.3 Å². The Hall–Kier alpha value is -2.41. The second kappa shape index (κ2) is 10.2. The van der Waals surface area contributed by atoms with E-state index in [4.69, 9.17) is 4.98 Å². The summed E-state index contributed by atoms with van der Waals surface area (Å²) >= 11 is 1.65. The summed E-state index contributed by atoms with van der Waals surface area (Å²) in [5, 5.41) is 12.4. The standard InChI is InChI=1S/C21H31N5OS/c1-6-23-20(25-13-18-26-17(14-28-18)21(2,3)4)24-11-10-15-8-7-9-16(12-15)19(27)22-5/h7-9,12,14H,6,10-11,13H2,1-5H3,(H,22,27)(H2,23,24,25). The van der Waals surface area contributed by atoms with Crippen LogP contribution in [0.2, 0.25) is 0 Å². The molecule has 0 saturated carbocycles. The van der Waals surface area contributed by atoms with Crippen molar-refractivity contribution in [3.63, 3.8) is 0 Å². The number of rotatable bonds is 7. The maximum Gasteiger partial charge on any atom is 0.251 e. The van der Waals surface area contributed by atoms with Gasteiger partial charge in [-0.1, -0.05) is 32.9 Å². The first-order chi connectivity index (χ1) is 13.3. The molecule has 3 N–H and O–H groups in total. The number of nitrogens with one attached hydrogen (secondary N) is 3. The van der Waals surface area contributed by atoms with Gasteiger partial charge in [-0.25, -0.2) is 9.98 Å². The number of amides is 1. The number of guanidine groups is 1. The molecule has 0 radical (unpaired) electrons. The number of aromatic nitrogens is 1. The van der Waals surface area contributed by atoms with Crippen LogP contribution in [0, 0.1) is 0 Å². The lowest BCUT2D eigenvalue weighted by Gasteiger charge is -2.14. The van der Waals surface area contributed by atoms with E-state index in [0.29, 0.717) is 12.1 Å². The number of nitrogens with zero attached hydrogens (tertiary/aromatic N) is 2. The van der Waals surface area contributed by atoms with Gasteiger partial charge in [0, 0.05) is 36.5 Å². The van der Waals surface area contributed by atoms with E-state index in [1.54, 1.807) is 18.4 Å². The molecule has 1 aromatic carbocycles. The Balaban J connectivity index is 1.93. The lowest BCUT2D eigenvalue weighted by atomic mass is 9.93. The molecule has 1 amide bonds. The highest BCUT2D eigenvalue weighted by atomic mass is 32.1. The number of carbonyl (C=O) groups is 1. The smallest absolute Gasteiger partial charge is 0.251 e. The minimum atomic E-state index is -0.0669. The zero-order chi connectivity index (χ0) is 20.6. The van der Waals surface area contributed by atoms with Crippen LogP contribution in [0.5, 0.6) is 0 Å². The number of aliphatic imine (C=N–C) groups is 1. The fraction of sp³-hybridized carbons (Fsp3) is 0.476. The van der Waals surface area contributed by atoms with Crippen LogP contribution < -0.4 is 16.0 Å². The molecule has 28 heavy (non-hydrogen) atoms. The topological polar surface area (TPSA) is 78.4 Å². The average molecular weight is 402 g/mol. The minimum Gasteiger partial charge on any atom is -0.357 e. The van der Waals surface area contributed by atoms with E-state index in [1.165, 1.54) is 0 Å². The zero-order valence-corrected chi connectivity index (χ0v) is 18.2. The molecule has 0 atom stereocenters. The van der Waals surface area contributed by atoms with E-state index in [1.807, 2.05) is 31.2 Å². The molecule has 0 unspecified atom stereocenters. The van der Waals surface area contributed by atoms with Gasteiger partial charge >= 0.3 is 0 Å². The van der Waals surface area contributed by atoms with Gasteiger partial charge < -0.3 is 16.0 Å². The van der Waals surface area contributed by atoms with Gasteiger partial charge in [-0.15, -0.1) is 11.3 Å². The lowest BCUT2D eigenvalue weighted by Crippen LogP contribution is -2.38. The zero-order valence-electron chi connectivity index (χ0n) is 17.4. The van der Waals surface area contributed by atoms with Crippen molar-refractivity contribution < 1.29 is 4.79 Å². The third-order valence-corrected chi connectivity index (χ3v) is 4.99. The normalized spacial score (nSPS) is 12.0. The highest BCUT2D eigenvalue weighted by Crippen LogP contribution is 2.24. The molecule has 7 heteroatoms. The molecule has 1 aromatic heterocycles. The number of carbonyl (C=O) groups excluding carboxylic acids is 1. The molecule has 0 spiro atoms. The molecule has 152 valence electrons. The summed E-state index contributed by atoms with van der Waals surface area (Å²) in [5.41, 5.74) is 2.96. The Labute approximate surface area is 171 Å². The Morgan fingerprint density at radius 1 is 1.25 bits per heavy atom. The first-order valence-electron chi connectivity index (χ1n) is 9.61. The van der Waals surface area contributed by atoms with Gasteiger partial charge in [-0.3, -0.25) is 4.79 Å². The van der Waals surface area contributed by atoms with Crippen molar-refractivity contribution in [1.29, 1.82) is 0 Å². The molecule has 6 nitrogen and oxygen atoms in total. The molecule has 0 aliphatic carbocycles. The van der Waals surface area contributed by atoms with Crippen molar-refractivity contribution in [2.45, 2.75) is 46.1 Å². The van der Waals surface area contributed by atoms with Crippen LogP contribution in [0.4, 0.5) is 0 Å². The number of hydrogen-bond acceptors (Lipinski definition) is 4. The third-order valence-electron chi connectivity index (χ3n) is 4.16. The van der Waals surface area contributed by atoms with Crippen LogP contribution >= 0.6 is 11.3 Å². The molecule has 0 fully saturated rings. The van der Waals surface area contributed by atoms with E-state index in [9.17, 15) is 4.79 Å². The monoisotopic (exact) mass is 401 g/mol. The first kappa shape index (κ1) is 21.9. The minimum absolute atomic E-state index is 0.0599. The van der Waals surface area contributed by atoms with Crippen LogP contribution in [0.1, 0.15) is 54.3 Å². The Kier molecular flexibility index (Phi) is 7.99. The van der Waals surface area contributed by atoms with Crippen molar-refractivity contribution in [2.75, 3.05) is 20.1 Å². The average Bonchev–Trinajstić information content (AvgIpc) is 3.15. The van der Waals surface area contributed by atoms with Crippen LogP contribution in [0.15, 0.2) is 34.6 Å². The first-order valence-corrected chi connectivity index (χ1v) is 10.5. The third kappa shape index (κ3) is 6.64. The van der Waals surface area contributed by atoms with Gasteiger partial charge in [0.2, 0.25) is 0 Å². The summed E-state index contributed by atoms with van der Waals surface area (Å²) in [6.45, 7) is 10.6. The maximum absolute atomic E-state index is 11.8. The van der Waals surface area contributed by atoms with E-state index in [2.05, 4.69) is 47.1 Å². The Morgan fingerprint density at radius 3 is 2.68 bits per heavy atom. The summed E-state index contributed by atoms with van der Waals surface area (Å²) in [7, 11) is 1.64. The van der Waals surface area contributed by atoms with E-state index < -0.39 is 0 Å². The summed E-state index contributed by atoms with van der Waals surface area (Å²) in [6, 6.07) is 7.69. The molecule has 0 bridgehead atoms. The summed E-state index contributed by atoms with van der Waals surface area (Å²) in [4.78, 5) is 21.1.